The van der Waals surface area contributed by atoms with Gasteiger partial charge in [-0.15, -0.1) is 0 Å². The quantitative estimate of drug-likeness (QED) is 0.442. The van der Waals surface area contributed by atoms with Gasteiger partial charge >= 0.3 is 0 Å². The molecule has 168 valence electrons. The lowest BCUT2D eigenvalue weighted by Crippen LogP contribution is -2.36. The van der Waals surface area contributed by atoms with Gasteiger partial charge in [-0.05, 0) is 36.4 Å². The topological polar surface area (TPSA) is 88.7 Å². The normalized spacial score (nSPS) is 14.4. The minimum Gasteiger partial charge on any atom is -0.493 e. The van der Waals surface area contributed by atoms with Crippen LogP contribution in [0.3, 0.4) is 0 Å². The van der Waals surface area contributed by atoms with E-state index in [0.717, 1.165) is 58.0 Å². The molecule has 5 heterocycles. The van der Waals surface area contributed by atoms with Crippen LogP contribution in [0.5, 0.6) is 5.88 Å². The van der Waals surface area contributed by atoms with E-state index in [1.807, 2.05) is 59.1 Å². The maximum absolute atomic E-state index is 9.70. The fraction of sp³-hybridized carbons (Fsp3) is 0.154. The average Bonchev–Trinajstić information content (AvgIpc) is 3.27. The van der Waals surface area contributed by atoms with Crippen LogP contribution in [0, 0.1) is 0 Å². The van der Waals surface area contributed by atoms with Crippen LogP contribution in [0.1, 0.15) is 11.4 Å². The molecule has 0 radical (unpaired) electrons. The van der Waals surface area contributed by atoms with E-state index in [4.69, 9.17) is 14.7 Å². The number of imidazole rings is 1. The summed E-state index contributed by atoms with van der Waals surface area (Å²) in [5.41, 5.74) is 5.91. The number of ether oxygens (including phenoxy) is 1. The lowest BCUT2D eigenvalue weighted by molar-refractivity contribution is 0.123. The first-order chi connectivity index (χ1) is 16.8. The van der Waals surface area contributed by atoms with Crippen molar-refractivity contribution in [3.63, 3.8) is 0 Å². The molecule has 0 spiro atoms. The number of anilines is 1. The second-order valence-corrected chi connectivity index (χ2v) is 8.06. The minimum atomic E-state index is -0.0306. The SMILES string of the molecule is Oc1ccc(-c2c(/C=C/c3ccc4ccccc4n3)nc3c(N4CCOCC4)ccnn23)cn1. The summed E-state index contributed by atoms with van der Waals surface area (Å²) in [5.74, 6) is -0.0306. The van der Waals surface area contributed by atoms with Crippen molar-refractivity contribution in [2.45, 2.75) is 0 Å². The van der Waals surface area contributed by atoms with Gasteiger partial charge in [-0.3, -0.25) is 0 Å². The average molecular weight is 451 g/mol. The van der Waals surface area contributed by atoms with Crippen molar-refractivity contribution < 1.29 is 9.84 Å². The van der Waals surface area contributed by atoms with E-state index < -0.39 is 0 Å². The molecule has 1 aliphatic heterocycles. The molecular formula is C26H22N6O2. The van der Waals surface area contributed by atoms with Crippen molar-refractivity contribution in [3.8, 4) is 17.1 Å². The summed E-state index contributed by atoms with van der Waals surface area (Å²) in [6.07, 6.45) is 7.33. The molecule has 1 N–H and O–H groups in total. The van der Waals surface area contributed by atoms with Crippen LogP contribution < -0.4 is 4.90 Å². The Balaban J connectivity index is 1.49. The van der Waals surface area contributed by atoms with Gasteiger partial charge in [-0.1, -0.05) is 24.3 Å². The van der Waals surface area contributed by atoms with E-state index in [1.165, 1.54) is 0 Å². The van der Waals surface area contributed by atoms with Gasteiger partial charge in [-0.25, -0.2) is 19.5 Å². The van der Waals surface area contributed by atoms with E-state index in [2.05, 4.69) is 21.0 Å². The van der Waals surface area contributed by atoms with Crippen LogP contribution in [0.4, 0.5) is 5.69 Å². The van der Waals surface area contributed by atoms with Crippen LogP contribution in [-0.2, 0) is 4.74 Å². The van der Waals surface area contributed by atoms with Gasteiger partial charge in [0.2, 0.25) is 5.88 Å². The van der Waals surface area contributed by atoms with Crippen LogP contribution in [0.25, 0.3) is 40.0 Å². The predicted octanol–water partition coefficient (Wildman–Crippen LogP) is 4.05. The summed E-state index contributed by atoms with van der Waals surface area (Å²) < 4.78 is 7.37. The van der Waals surface area contributed by atoms with Gasteiger partial charge in [-0.2, -0.15) is 5.10 Å². The molecule has 8 nitrogen and oxygen atoms in total. The van der Waals surface area contributed by atoms with Crippen LogP contribution >= 0.6 is 0 Å². The van der Waals surface area contributed by atoms with E-state index in [-0.39, 0.29) is 5.88 Å². The Labute approximate surface area is 195 Å². The first-order valence-corrected chi connectivity index (χ1v) is 11.2. The number of hydrogen-bond acceptors (Lipinski definition) is 7. The summed E-state index contributed by atoms with van der Waals surface area (Å²) in [5, 5.41) is 15.4. The maximum Gasteiger partial charge on any atom is 0.210 e. The number of aromatic nitrogens is 5. The number of aromatic hydroxyl groups is 1. The number of hydrogen-bond donors (Lipinski definition) is 1. The Morgan fingerprint density at radius 1 is 0.912 bits per heavy atom. The van der Waals surface area contributed by atoms with Crippen molar-refractivity contribution >= 4 is 34.4 Å². The minimum absolute atomic E-state index is 0.0306. The van der Waals surface area contributed by atoms with Crippen LogP contribution in [0.2, 0.25) is 0 Å². The van der Waals surface area contributed by atoms with E-state index in [1.54, 1.807) is 18.5 Å². The summed E-state index contributed by atoms with van der Waals surface area (Å²) in [4.78, 5) is 16.1. The molecule has 34 heavy (non-hydrogen) atoms. The van der Waals surface area contributed by atoms with Crippen LogP contribution in [-0.4, -0.2) is 56.0 Å². The zero-order valence-electron chi connectivity index (χ0n) is 18.4. The fourth-order valence-electron chi connectivity index (χ4n) is 4.25. The van der Waals surface area contributed by atoms with Gasteiger partial charge in [0, 0.05) is 36.3 Å². The molecule has 0 bridgehead atoms. The summed E-state index contributed by atoms with van der Waals surface area (Å²) in [7, 11) is 0. The first kappa shape index (κ1) is 20.3. The molecule has 4 aromatic heterocycles. The molecule has 1 saturated heterocycles. The fourth-order valence-corrected chi connectivity index (χ4v) is 4.25. The second-order valence-electron chi connectivity index (χ2n) is 8.06. The number of morpholine rings is 1. The third-order valence-corrected chi connectivity index (χ3v) is 5.93. The Morgan fingerprint density at radius 3 is 2.65 bits per heavy atom. The Morgan fingerprint density at radius 2 is 1.79 bits per heavy atom. The number of para-hydroxylation sites is 1. The van der Waals surface area contributed by atoms with Crippen molar-refractivity contribution in [1.29, 1.82) is 0 Å². The molecule has 1 aromatic carbocycles. The molecule has 8 heteroatoms. The maximum atomic E-state index is 9.70. The largest absolute Gasteiger partial charge is 0.493 e. The van der Waals surface area contributed by atoms with Gasteiger partial charge < -0.3 is 14.7 Å². The van der Waals surface area contributed by atoms with Crippen molar-refractivity contribution in [2.75, 3.05) is 31.2 Å². The van der Waals surface area contributed by atoms with Gasteiger partial charge in [0.05, 0.1) is 42.0 Å². The number of fused-ring (bicyclic) bond motifs is 2. The van der Waals surface area contributed by atoms with E-state index in [0.29, 0.717) is 13.2 Å². The van der Waals surface area contributed by atoms with Gasteiger partial charge in [0.1, 0.15) is 5.69 Å². The molecule has 6 rings (SSSR count). The van der Waals surface area contributed by atoms with Crippen molar-refractivity contribution in [3.05, 3.63) is 78.4 Å². The first-order valence-electron chi connectivity index (χ1n) is 11.2. The van der Waals surface area contributed by atoms with Crippen LogP contribution in [0.15, 0.2) is 67.0 Å². The zero-order chi connectivity index (χ0) is 22.9. The van der Waals surface area contributed by atoms with E-state index >= 15 is 0 Å². The third kappa shape index (κ3) is 3.74. The summed E-state index contributed by atoms with van der Waals surface area (Å²) in [6, 6.07) is 17.5. The second kappa shape index (κ2) is 8.57. The smallest absolute Gasteiger partial charge is 0.210 e. The number of rotatable bonds is 4. The lowest BCUT2D eigenvalue weighted by Gasteiger charge is -2.28. The van der Waals surface area contributed by atoms with Crippen molar-refractivity contribution in [2.24, 2.45) is 0 Å². The monoisotopic (exact) mass is 450 g/mol. The zero-order valence-corrected chi connectivity index (χ0v) is 18.4. The highest BCUT2D eigenvalue weighted by atomic mass is 16.5. The molecule has 0 aliphatic carbocycles. The highest BCUT2D eigenvalue weighted by Crippen LogP contribution is 2.31. The predicted molar refractivity (Wildman–Crippen MR) is 132 cm³/mol. The van der Waals surface area contributed by atoms with E-state index in [9.17, 15) is 5.11 Å². The Kier molecular flexibility index (Phi) is 5.12. The number of benzene rings is 1. The van der Waals surface area contributed by atoms with Gasteiger partial charge in [0.15, 0.2) is 5.65 Å². The molecule has 1 fully saturated rings. The molecular weight excluding hydrogens is 428 g/mol. The summed E-state index contributed by atoms with van der Waals surface area (Å²) in [6.45, 7) is 2.97. The Bertz CT molecular complexity index is 1500. The lowest BCUT2D eigenvalue weighted by atomic mass is 10.1. The highest BCUT2D eigenvalue weighted by molar-refractivity contribution is 5.84. The standard InChI is InChI=1S/C26H22N6O2/c33-24-10-6-19(17-27-24)25-22(9-8-20-7-5-18-3-1-2-4-21(18)29-20)30-26-23(11-12-28-32(25)26)31-13-15-34-16-14-31/h1-12,17H,13-16H2,(H,27,33)/b9-8+. The Hall–Kier alpha value is -4.30. The molecule has 0 unspecified atom stereocenters. The summed E-state index contributed by atoms with van der Waals surface area (Å²) >= 11 is 0. The van der Waals surface area contributed by atoms with Gasteiger partial charge in [0.25, 0.3) is 0 Å². The molecule has 1 aliphatic rings. The number of nitrogens with zero attached hydrogens (tertiary/aromatic N) is 6. The van der Waals surface area contributed by atoms with Crippen molar-refractivity contribution in [1.82, 2.24) is 24.6 Å². The number of pyridine rings is 2. The highest BCUT2D eigenvalue weighted by Gasteiger charge is 2.20. The molecule has 0 amide bonds. The molecule has 5 aromatic rings. The molecule has 0 atom stereocenters. The molecule has 0 saturated carbocycles. The third-order valence-electron chi connectivity index (χ3n) is 5.93.